The summed E-state index contributed by atoms with van der Waals surface area (Å²) in [5.74, 6) is -0.613. The van der Waals surface area contributed by atoms with Gasteiger partial charge in [-0.3, -0.25) is 14.7 Å². The first-order valence-corrected chi connectivity index (χ1v) is 14.7. The van der Waals surface area contributed by atoms with E-state index >= 15 is 0 Å². The van der Waals surface area contributed by atoms with Crippen molar-refractivity contribution in [2.24, 2.45) is 4.99 Å². The Morgan fingerprint density at radius 1 is 1.24 bits per heavy atom. The number of halogens is 2. The predicted octanol–water partition coefficient (Wildman–Crippen LogP) is 3.96. The van der Waals surface area contributed by atoms with E-state index in [1.807, 2.05) is 24.1 Å². The van der Waals surface area contributed by atoms with Crippen molar-refractivity contribution in [3.05, 3.63) is 61.7 Å². The van der Waals surface area contributed by atoms with Crippen molar-refractivity contribution >= 4 is 52.3 Å². The third-order valence-electron chi connectivity index (χ3n) is 6.16. The smallest absolute Gasteiger partial charge is 0.338 e. The molecule has 0 radical (unpaired) electrons. The minimum absolute atomic E-state index is 0.00302. The van der Waals surface area contributed by atoms with Crippen LogP contribution in [0.15, 0.2) is 46.0 Å². The van der Waals surface area contributed by atoms with Crippen LogP contribution in [0.25, 0.3) is 0 Å². The molecule has 2 atom stereocenters. The Balaban J connectivity index is 1.65. The fourth-order valence-electron chi connectivity index (χ4n) is 4.23. The van der Waals surface area contributed by atoms with Gasteiger partial charge in [-0.05, 0) is 32.9 Å². The Morgan fingerprint density at radius 2 is 2.07 bits per heavy atom. The van der Waals surface area contributed by atoms with E-state index in [1.165, 1.54) is 11.3 Å². The molecule has 1 saturated heterocycles. The fraction of sp³-hybridized carbons (Fsp3) is 0.481. The molecule has 0 spiro atoms. The van der Waals surface area contributed by atoms with Gasteiger partial charge >= 0.3 is 11.9 Å². The summed E-state index contributed by atoms with van der Waals surface area (Å²) in [6, 6.07) is 3.47. The Kier molecular flexibility index (Phi) is 11.5. The first-order valence-electron chi connectivity index (χ1n) is 13.1. The zero-order valence-corrected chi connectivity index (χ0v) is 25.3. The molecule has 222 valence electrons. The van der Waals surface area contributed by atoms with Crippen LogP contribution < -0.4 is 5.32 Å². The highest BCUT2D eigenvalue weighted by molar-refractivity contribution is 7.11. The number of aliphatic imine (C=N–C) groups is 1. The van der Waals surface area contributed by atoms with Gasteiger partial charge in [-0.1, -0.05) is 29.3 Å². The predicted molar refractivity (Wildman–Crippen MR) is 154 cm³/mol. The average molecular weight is 628 g/mol. The second-order valence-corrected chi connectivity index (χ2v) is 11.0. The highest BCUT2D eigenvalue weighted by Crippen LogP contribution is 2.37. The minimum Gasteiger partial charge on any atom is -0.463 e. The molecule has 2 aliphatic rings. The van der Waals surface area contributed by atoms with Crippen molar-refractivity contribution in [2.75, 3.05) is 46.5 Å². The van der Waals surface area contributed by atoms with E-state index < -0.39 is 24.0 Å². The van der Waals surface area contributed by atoms with Gasteiger partial charge in [0.15, 0.2) is 24.4 Å². The molecule has 0 bridgehead atoms. The molecule has 1 aromatic heterocycles. The highest BCUT2D eigenvalue weighted by atomic mass is 35.5. The SMILES string of the molecule is CCOC(=O)C1=C(CN2CCOCC2C(=O)OCOCOC(C)C)NC(c2nccs2)=NC1c1ccc(Cl)cc1Cl. The molecule has 2 unspecified atom stereocenters. The molecule has 0 amide bonds. The number of carbonyl (C=O) groups is 2. The molecular formula is C27H32Cl2N4O7S. The number of amidine groups is 1. The van der Waals surface area contributed by atoms with Crippen molar-refractivity contribution in [2.45, 2.75) is 39.0 Å². The van der Waals surface area contributed by atoms with Gasteiger partial charge in [-0.15, -0.1) is 11.3 Å². The van der Waals surface area contributed by atoms with Crippen molar-refractivity contribution in [3.63, 3.8) is 0 Å². The van der Waals surface area contributed by atoms with Crippen LogP contribution in [0.1, 0.15) is 37.4 Å². The van der Waals surface area contributed by atoms with Gasteiger partial charge in [0.25, 0.3) is 0 Å². The Bertz CT molecular complexity index is 1270. The minimum atomic E-state index is -0.810. The largest absolute Gasteiger partial charge is 0.463 e. The van der Waals surface area contributed by atoms with Crippen LogP contribution in [-0.2, 0) is 33.3 Å². The number of morpholine rings is 1. The molecule has 41 heavy (non-hydrogen) atoms. The van der Waals surface area contributed by atoms with Crippen LogP contribution in [0.3, 0.4) is 0 Å². The second kappa shape index (κ2) is 15.1. The van der Waals surface area contributed by atoms with E-state index in [4.69, 9.17) is 51.9 Å². The van der Waals surface area contributed by atoms with E-state index in [0.717, 1.165) is 0 Å². The maximum absolute atomic E-state index is 13.4. The van der Waals surface area contributed by atoms with E-state index in [2.05, 4.69) is 10.3 Å². The third-order valence-corrected chi connectivity index (χ3v) is 7.50. The topological polar surface area (TPSA) is 121 Å². The number of nitrogens with one attached hydrogen (secondary N) is 1. The van der Waals surface area contributed by atoms with Crippen LogP contribution in [0.5, 0.6) is 0 Å². The number of rotatable bonds is 12. The van der Waals surface area contributed by atoms with Crippen molar-refractivity contribution in [1.82, 2.24) is 15.2 Å². The third kappa shape index (κ3) is 8.25. The lowest BCUT2D eigenvalue weighted by Gasteiger charge is -2.36. The van der Waals surface area contributed by atoms with Gasteiger partial charge in [0.1, 0.15) is 12.1 Å². The van der Waals surface area contributed by atoms with E-state index in [-0.39, 0.29) is 45.0 Å². The van der Waals surface area contributed by atoms with Crippen LogP contribution in [0, 0.1) is 0 Å². The van der Waals surface area contributed by atoms with Crippen molar-refractivity contribution in [1.29, 1.82) is 0 Å². The molecule has 3 heterocycles. The summed E-state index contributed by atoms with van der Waals surface area (Å²) in [6.07, 6.45) is 1.66. The summed E-state index contributed by atoms with van der Waals surface area (Å²) in [5, 5.41) is 6.54. The summed E-state index contributed by atoms with van der Waals surface area (Å²) >= 11 is 14.2. The summed E-state index contributed by atoms with van der Waals surface area (Å²) in [7, 11) is 0. The van der Waals surface area contributed by atoms with Crippen LogP contribution in [0.2, 0.25) is 10.0 Å². The number of benzene rings is 1. The van der Waals surface area contributed by atoms with Gasteiger partial charge in [0.05, 0.1) is 31.5 Å². The lowest BCUT2D eigenvalue weighted by atomic mass is 9.95. The first kappa shape index (κ1) is 31.4. The molecule has 14 heteroatoms. The molecule has 2 aromatic rings. The van der Waals surface area contributed by atoms with Gasteiger partial charge in [-0.2, -0.15) is 0 Å². The maximum Gasteiger partial charge on any atom is 0.338 e. The second-order valence-electron chi connectivity index (χ2n) is 9.30. The zero-order chi connectivity index (χ0) is 29.4. The first-order chi connectivity index (χ1) is 19.8. The van der Waals surface area contributed by atoms with E-state index in [0.29, 0.717) is 45.3 Å². The number of nitrogens with zero attached hydrogens (tertiary/aromatic N) is 3. The number of esters is 2. The molecular weight excluding hydrogens is 595 g/mol. The van der Waals surface area contributed by atoms with Gasteiger partial charge in [0, 0.05) is 46.0 Å². The number of thiazole rings is 1. The average Bonchev–Trinajstić information content (AvgIpc) is 3.48. The summed E-state index contributed by atoms with van der Waals surface area (Å²) < 4.78 is 27.0. The molecule has 2 aliphatic heterocycles. The van der Waals surface area contributed by atoms with E-state index in [1.54, 1.807) is 31.3 Å². The maximum atomic E-state index is 13.4. The summed E-state index contributed by atoms with van der Waals surface area (Å²) in [4.78, 5) is 37.6. The molecule has 4 rings (SSSR count). The number of aromatic nitrogens is 1. The lowest BCUT2D eigenvalue weighted by molar-refractivity contribution is -0.181. The quantitative estimate of drug-likeness (QED) is 0.210. The molecule has 1 fully saturated rings. The number of ether oxygens (including phenoxy) is 5. The molecule has 1 aromatic carbocycles. The number of hydrogen-bond acceptors (Lipinski definition) is 12. The molecule has 1 N–H and O–H groups in total. The summed E-state index contributed by atoms with van der Waals surface area (Å²) in [6.45, 7) is 6.47. The van der Waals surface area contributed by atoms with Gasteiger partial charge < -0.3 is 29.0 Å². The van der Waals surface area contributed by atoms with Crippen LogP contribution in [-0.4, -0.2) is 86.3 Å². The lowest BCUT2D eigenvalue weighted by Crippen LogP contribution is -2.53. The van der Waals surface area contributed by atoms with E-state index in [9.17, 15) is 9.59 Å². The highest BCUT2D eigenvalue weighted by Gasteiger charge is 2.37. The number of carbonyl (C=O) groups excluding carboxylic acids is 2. The van der Waals surface area contributed by atoms with Crippen LogP contribution >= 0.6 is 34.5 Å². The molecule has 0 saturated carbocycles. The van der Waals surface area contributed by atoms with Gasteiger partial charge in [-0.25, -0.2) is 9.78 Å². The monoisotopic (exact) mass is 626 g/mol. The summed E-state index contributed by atoms with van der Waals surface area (Å²) in [5.41, 5.74) is 1.34. The van der Waals surface area contributed by atoms with Gasteiger partial charge in [0.2, 0.25) is 0 Å². The van der Waals surface area contributed by atoms with Crippen molar-refractivity contribution < 1.29 is 33.3 Å². The Labute approximate surface area is 252 Å². The Morgan fingerprint density at radius 3 is 2.78 bits per heavy atom. The van der Waals surface area contributed by atoms with Crippen molar-refractivity contribution in [3.8, 4) is 0 Å². The molecule has 11 nitrogen and oxygen atoms in total. The number of hydrogen-bond donors (Lipinski definition) is 1. The Hall–Kier alpha value is -2.58. The zero-order valence-electron chi connectivity index (χ0n) is 22.9. The standard InChI is InChI=1S/C27H32Cl2N4O7S/c1-4-38-27(35)22-20(12-33-8-9-36-13-21(33)26(34)40-15-37-14-39-16(2)3)31-24(25-30-7-10-41-25)32-23(22)18-6-5-17(28)11-19(18)29/h5-7,10-11,16,21,23H,4,8-9,12-15H2,1-3H3,(H,31,32). The fourth-order valence-corrected chi connectivity index (χ4v) is 5.33. The molecule has 0 aliphatic carbocycles. The van der Waals surface area contributed by atoms with Crippen LogP contribution in [0.4, 0.5) is 0 Å². The normalized spacial score (nSPS) is 19.6.